The molecule has 0 spiro atoms. The lowest BCUT2D eigenvalue weighted by Gasteiger charge is -2.37. The number of carbonyl (C=O) groups is 1. The molecule has 0 saturated carbocycles. The molecule has 0 aliphatic carbocycles. The van der Waals surface area contributed by atoms with Gasteiger partial charge in [-0.2, -0.15) is 10.4 Å². The first-order chi connectivity index (χ1) is 15.4. The highest BCUT2D eigenvalue weighted by atomic mass is 16.5. The Bertz CT molecular complexity index is 1100. The molecule has 1 aliphatic heterocycles. The van der Waals surface area contributed by atoms with Crippen molar-refractivity contribution < 1.29 is 9.53 Å². The van der Waals surface area contributed by atoms with Gasteiger partial charge in [0.15, 0.2) is 0 Å². The minimum Gasteiger partial charge on any atom is -0.465 e. The van der Waals surface area contributed by atoms with Gasteiger partial charge in [0.25, 0.3) is 0 Å². The molecule has 168 valence electrons. The molecule has 0 amide bonds. The quantitative estimate of drug-likeness (QED) is 0.377. The number of aliphatic imine (C=N–C) groups is 1. The molecule has 1 fully saturated rings. The predicted molar refractivity (Wildman–Crippen MR) is 126 cm³/mol. The number of fused-ring (bicyclic) bond motifs is 1. The molecule has 8 nitrogen and oxygen atoms in total. The number of esters is 1. The lowest BCUT2D eigenvalue weighted by molar-refractivity contribution is 0.0603. The summed E-state index contributed by atoms with van der Waals surface area (Å²) in [6.45, 7) is 14.1. The van der Waals surface area contributed by atoms with E-state index in [9.17, 15) is 4.79 Å². The van der Waals surface area contributed by atoms with Crippen LogP contribution in [0, 0.1) is 11.3 Å². The second kappa shape index (κ2) is 10.2. The zero-order valence-corrected chi connectivity index (χ0v) is 19.2. The van der Waals surface area contributed by atoms with E-state index >= 15 is 0 Å². The number of rotatable bonds is 7. The van der Waals surface area contributed by atoms with Crippen LogP contribution in [0.3, 0.4) is 0 Å². The average molecular weight is 435 g/mol. The number of piperazine rings is 1. The van der Waals surface area contributed by atoms with Crippen molar-refractivity contribution in [1.82, 2.24) is 19.6 Å². The number of methoxy groups -OCH3 is 1. The van der Waals surface area contributed by atoms with E-state index in [0.29, 0.717) is 22.5 Å². The summed E-state index contributed by atoms with van der Waals surface area (Å²) >= 11 is 0. The van der Waals surface area contributed by atoms with Crippen molar-refractivity contribution in [1.29, 1.82) is 5.26 Å². The Balaban J connectivity index is 1.93. The van der Waals surface area contributed by atoms with Crippen molar-refractivity contribution in [3.8, 4) is 6.07 Å². The molecule has 0 unspecified atom stereocenters. The van der Waals surface area contributed by atoms with Crippen LogP contribution in [-0.4, -0.2) is 71.6 Å². The van der Waals surface area contributed by atoms with Gasteiger partial charge in [0.2, 0.25) is 0 Å². The lowest BCUT2D eigenvalue weighted by atomic mass is 10.0. The zero-order valence-electron chi connectivity index (χ0n) is 19.2. The lowest BCUT2D eigenvalue weighted by Crippen LogP contribution is -2.48. The first-order valence-corrected chi connectivity index (χ1v) is 10.7. The van der Waals surface area contributed by atoms with Gasteiger partial charge in [-0.05, 0) is 56.8 Å². The molecule has 8 heteroatoms. The Morgan fingerprint density at radius 2 is 2.03 bits per heavy atom. The number of benzene rings is 1. The third-order valence-corrected chi connectivity index (χ3v) is 5.86. The largest absolute Gasteiger partial charge is 0.465 e. The van der Waals surface area contributed by atoms with Gasteiger partial charge in [-0.1, -0.05) is 6.08 Å². The summed E-state index contributed by atoms with van der Waals surface area (Å²) in [6.07, 6.45) is 5.53. The highest BCUT2D eigenvalue weighted by Gasteiger charge is 2.20. The van der Waals surface area contributed by atoms with Crippen molar-refractivity contribution in [3.63, 3.8) is 0 Å². The molecule has 2 aromatic rings. The van der Waals surface area contributed by atoms with Gasteiger partial charge >= 0.3 is 5.97 Å². The Kier molecular flexibility index (Phi) is 7.44. The molecule has 0 bridgehead atoms. The van der Waals surface area contributed by atoms with Crippen LogP contribution in [0.25, 0.3) is 16.5 Å². The van der Waals surface area contributed by atoms with Crippen molar-refractivity contribution in [2.75, 3.05) is 33.3 Å². The SMILES string of the molecule is C=N/C(=C\C=C(/C)c1cc(C(=O)OC)c2cnn(CC#N)c2c1)N1CCN(C(C)C)CC1. The number of carbonyl (C=O) groups excluding carboxylic acids is 1. The van der Waals surface area contributed by atoms with Crippen LogP contribution in [-0.2, 0) is 11.3 Å². The summed E-state index contributed by atoms with van der Waals surface area (Å²) in [6, 6.07) is 6.38. The highest BCUT2D eigenvalue weighted by Crippen LogP contribution is 2.26. The molecule has 3 rings (SSSR count). The van der Waals surface area contributed by atoms with E-state index < -0.39 is 5.97 Å². The number of allylic oxidation sites excluding steroid dienone is 3. The summed E-state index contributed by atoms with van der Waals surface area (Å²) in [4.78, 5) is 21.3. The fourth-order valence-electron chi connectivity index (χ4n) is 3.90. The summed E-state index contributed by atoms with van der Waals surface area (Å²) in [5.74, 6) is 0.393. The molecule has 0 radical (unpaired) electrons. The second-order valence-electron chi connectivity index (χ2n) is 8.06. The van der Waals surface area contributed by atoms with Crippen molar-refractivity contribution in [3.05, 3.63) is 47.4 Å². The highest BCUT2D eigenvalue weighted by molar-refractivity contribution is 6.04. The van der Waals surface area contributed by atoms with Crippen LogP contribution in [0.5, 0.6) is 0 Å². The normalized spacial score (nSPS) is 15.8. The van der Waals surface area contributed by atoms with E-state index in [1.54, 1.807) is 16.9 Å². The topological polar surface area (TPSA) is 86.7 Å². The van der Waals surface area contributed by atoms with Crippen LogP contribution < -0.4 is 0 Å². The Morgan fingerprint density at radius 1 is 1.31 bits per heavy atom. The standard InChI is InChI=1S/C24H30N6O2/c1-17(2)28-10-12-29(13-11-28)23(26-4)7-6-18(3)19-14-20(24(31)32-5)21-16-27-30(9-8-25)22(21)15-19/h6-7,14-17H,4,9-13H2,1-3,5H3/b18-6+,23-7+. The van der Waals surface area contributed by atoms with E-state index in [4.69, 9.17) is 10.00 Å². The van der Waals surface area contributed by atoms with Crippen LogP contribution in [0.2, 0.25) is 0 Å². The number of nitrogens with zero attached hydrogens (tertiary/aromatic N) is 6. The van der Waals surface area contributed by atoms with Gasteiger partial charge in [0.1, 0.15) is 12.4 Å². The van der Waals surface area contributed by atoms with Gasteiger partial charge in [-0.25, -0.2) is 9.79 Å². The summed E-state index contributed by atoms with van der Waals surface area (Å²) < 4.78 is 6.55. The van der Waals surface area contributed by atoms with Crippen molar-refractivity contribution >= 4 is 29.2 Å². The van der Waals surface area contributed by atoms with Crippen LogP contribution in [0.4, 0.5) is 0 Å². The Morgan fingerprint density at radius 3 is 2.62 bits per heavy atom. The molecule has 1 aromatic carbocycles. The maximum absolute atomic E-state index is 12.4. The molecular formula is C24H30N6O2. The molecule has 0 N–H and O–H groups in total. The number of ether oxygens (including phenoxy) is 1. The van der Waals surface area contributed by atoms with E-state index in [-0.39, 0.29) is 6.54 Å². The van der Waals surface area contributed by atoms with Crippen LogP contribution >= 0.6 is 0 Å². The van der Waals surface area contributed by atoms with E-state index in [1.807, 2.05) is 25.1 Å². The van der Waals surface area contributed by atoms with Gasteiger partial charge in [-0.3, -0.25) is 9.58 Å². The number of aromatic nitrogens is 2. The van der Waals surface area contributed by atoms with Gasteiger partial charge in [0.05, 0.1) is 30.5 Å². The minimum absolute atomic E-state index is 0.100. The summed E-state index contributed by atoms with van der Waals surface area (Å²) in [7, 11) is 1.35. The molecule has 1 aliphatic rings. The first-order valence-electron chi connectivity index (χ1n) is 10.7. The molecule has 32 heavy (non-hydrogen) atoms. The van der Waals surface area contributed by atoms with E-state index in [0.717, 1.165) is 43.1 Å². The molecule has 2 heterocycles. The maximum atomic E-state index is 12.4. The second-order valence-corrected chi connectivity index (χ2v) is 8.06. The Labute approximate surface area is 189 Å². The third kappa shape index (κ3) is 4.89. The predicted octanol–water partition coefficient (Wildman–Crippen LogP) is 3.32. The van der Waals surface area contributed by atoms with Gasteiger partial charge in [-0.15, -0.1) is 0 Å². The smallest absolute Gasteiger partial charge is 0.338 e. The molecule has 0 atom stereocenters. The average Bonchev–Trinajstić information content (AvgIpc) is 3.21. The summed E-state index contributed by atoms with van der Waals surface area (Å²) in [5, 5.41) is 14.0. The molecule has 1 aromatic heterocycles. The van der Waals surface area contributed by atoms with Crippen molar-refractivity contribution in [2.45, 2.75) is 33.4 Å². The first kappa shape index (κ1) is 23.2. The fraction of sp³-hybridized carbons (Fsp3) is 0.417. The molecular weight excluding hydrogens is 404 g/mol. The Hall–Kier alpha value is -3.44. The van der Waals surface area contributed by atoms with Crippen LogP contribution in [0.1, 0.15) is 36.7 Å². The number of nitriles is 1. The molecule has 1 saturated heterocycles. The number of hydrogen-bond donors (Lipinski definition) is 0. The summed E-state index contributed by atoms with van der Waals surface area (Å²) in [5.41, 5.74) is 2.94. The van der Waals surface area contributed by atoms with Gasteiger partial charge in [0, 0.05) is 37.6 Å². The van der Waals surface area contributed by atoms with E-state index in [2.05, 4.69) is 46.5 Å². The maximum Gasteiger partial charge on any atom is 0.338 e. The van der Waals surface area contributed by atoms with E-state index in [1.165, 1.54) is 7.11 Å². The monoisotopic (exact) mass is 434 g/mol. The third-order valence-electron chi connectivity index (χ3n) is 5.86. The van der Waals surface area contributed by atoms with Crippen molar-refractivity contribution in [2.24, 2.45) is 4.99 Å². The van der Waals surface area contributed by atoms with Crippen LogP contribution in [0.15, 0.2) is 41.3 Å². The minimum atomic E-state index is -0.437. The fourth-order valence-corrected chi connectivity index (χ4v) is 3.90. The zero-order chi connectivity index (χ0) is 23.3. The number of hydrogen-bond acceptors (Lipinski definition) is 7. The van der Waals surface area contributed by atoms with Gasteiger partial charge < -0.3 is 9.64 Å².